The lowest BCUT2D eigenvalue weighted by molar-refractivity contribution is -0.193. The number of carboxylic acid groups (broad SMARTS) is 2. The molecule has 0 aromatic carbocycles. The molecule has 39 heavy (non-hydrogen) atoms. The average molecular weight is 567 g/mol. The van der Waals surface area contributed by atoms with Gasteiger partial charge < -0.3 is 19.7 Å². The zero-order valence-corrected chi connectivity index (χ0v) is 20.7. The molecule has 1 saturated carbocycles. The fraction of sp³-hybridized carbons (Fsp3) is 0.500. The molecule has 4 rings (SSSR count). The summed E-state index contributed by atoms with van der Waals surface area (Å²) in [4.78, 5) is 29.2. The number of carboxylic acids is 2. The molecule has 0 bridgehead atoms. The normalized spacial score (nSPS) is 20.9. The smallest absolute Gasteiger partial charge is 0.477 e. The van der Waals surface area contributed by atoms with Gasteiger partial charge in [-0.25, -0.2) is 14.6 Å². The predicted octanol–water partition coefficient (Wildman–Crippen LogP) is 4.11. The van der Waals surface area contributed by atoms with Gasteiger partial charge in [-0.1, -0.05) is 12.1 Å². The van der Waals surface area contributed by atoms with Crippen molar-refractivity contribution in [3.8, 4) is 5.88 Å². The average Bonchev–Trinajstić information content (AvgIpc) is 3.27. The molecule has 1 unspecified atom stereocenters. The van der Waals surface area contributed by atoms with E-state index in [0.29, 0.717) is 30.6 Å². The number of hydrogen-bond acceptors (Lipinski definition) is 7. The molecule has 9 nitrogen and oxygen atoms in total. The van der Waals surface area contributed by atoms with Crippen molar-refractivity contribution in [1.82, 2.24) is 14.9 Å². The van der Waals surface area contributed by atoms with Crippen LogP contribution in [0.25, 0.3) is 0 Å². The standard InChI is InChI=1S/C20H25N3O2.2C2HF3O2/c1-15-5-4-6-17(22-15)13-23-9-10-24-19-12-16(11-18(19)23)14-25-20-7-2-3-8-21-20;2*3-2(4,5)1(6)7/h2-8,16,18-19H,9-14H2,1H3;2*(H,6,7)/t16?,18-,19-;;/m1../s1. The molecule has 216 valence electrons. The van der Waals surface area contributed by atoms with Crippen LogP contribution in [0, 0.1) is 12.8 Å². The molecule has 1 aliphatic carbocycles. The topological polar surface area (TPSA) is 122 Å². The summed E-state index contributed by atoms with van der Waals surface area (Å²) in [6, 6.07) is 12.5. The Balaban J connectivity index is 0.000000317. The Kier molecular flexibility index (Phi) is 11.5. The van der Waals surface area contributed by atoms with Crippen LogP contribution in [0.1, 0.15) is 24.2 Å². The van der Waals surface area contributed by atoms with E-state index in [1.165, 1.54) is 0 Å². The molecule has 0 spiro atoms. The number of aryl methyl sites for hydroxylation is 1. The number of nitrogens with zero attached hydrogens (tertiary/aromatic N) is 3. The molecule has 2 fully saturated rings. The molecule has 0 radical (unpaired) electrons. The molecule has 1 saturated heterocycles. The van der Waals surface area contributed by atoms with E-state index >= 15 is 0 Å². The van der Waals surface area contributed by atoms with Crippen molar-refractivity contribution in [3.63, 3.8) is 0 Å². The van der Waals surface area contributed by atoms with Crippen LogP contribution in [-0.2, 0) is 20.9 Å². The second-order valence-corrected chi connectivity index (χ2v) is 8.64. The highest BCUT2D eigenvalue weighted by Gasteiger charge is 2.41. The minimum atomic E-state index is -5.08. The van der Waals surface area contributed by atoms with E-state index in [9.17, 15) is 26.3 Å². The molecule has 3 heterocycles. The fourth-order valence-corrected chi connectivity index (χ4v) is 3.99. The van der Waals surface area contributed by atoms with E-state index in [-0.39, 0.29) is 0 Å². The summed E-state index contributed by atoms with van der Waals surface area (Å²) in [6.07, 6.45) is -5.90. The first-order valence-electron chi connectivity index (χ1n) is 11.6. The Hall–Kier alpha value is -3.46. The number of hydrogen-bond donors (Lipinski definition) is 2. The van der Waals surface area contributed by atoms with Crippen molar-refractivity contribution in [2.24, 2.45) is 5.92 Å². The fourth-order valence-electron chi connectivity index (χ4n) is 3.99. The highest BCUT2D eigenvalue weighted by atomic mass is 19.4. The van der Waals surface area contributed by atoms with Crippen LogP contribution < -0.4 is 4.74 Å². The Bertz CT molecular complexity index is 1050. The Morgan fingerprint density at radius 2 is 1.67 bits per heavy atom. The first kappa shape index (κ1) is 31.8. The number of alkyl halides is 6. The summed E-state index contributed by atoms with van der Waals surface area (Å²) in [5, 5.41) is 14.2. The summed E-state index contributed by atoms with van der Waals surface area (Å²) < 4.78 is 75.4. The maximum atomic E-state index is 10.6. The summed E-state index contributed by atoms with van der Waals surface area (Å²) in [6.45, 7) is 5.45. The van der Waals surface area contributed by atoms with E-state index in [1.807, 2.05) is 31.2 Å². The Morgan fingerprint density at radius 1 is 1.03 bits per heavy atom. The lowest BCUT2D eigenvalue weighted by Crippen LogP contribution is -2.48. The number of fused-ring (bicyclic) bond motifs is 1. The monoisotopic (exact) mass is 567 g/mol. The highest BCUT2D eigenvalue weighted by Crippen LogP contribution is 2.35. The van der Waals surface area contributed by atoms with E-state index in [0.717, 1.165) is 43.9 Å². The van der Waals surface area contributed by atoms with Crippen LogP contribution in [0.5, 0.6) is 5.88 Å². The molecular weight excluding hydrogens is 540 g/mol. The molecule has 3 atom stereocenters. The third-order valence-electron chi connectivity index (χ3n) is 5.65. The van der Waals surface area contributed by atoms with Crippen molar-refractivity contribution < 1.29 is 55.6 Å². The van der Waals surface area contributed by atoms with Crippen LogP contribution in [0.2, 0.25) is 0 Å². The first-order valence-corrected chi connectivity index (χ1v) is 11.6. The van der Waals surface area contributed by atoms with Gasteiger partial charge in [-0.15, -0.1) is 0 Å². The van der Waals surface area contributed by atoms with Crippen molar-refractivity contribution in [2.45, 2.75) is 50.8 Å². The van der Waals surface area contributed by atoms with Gasteiger partial charge in [0, 0.05) is 37.1 Å². The molecule has 0 amide bonds. The number of ether oxygens (including phenoxy) is 2. The van der Waals surface area contributed by atoms with Crippen molar-refractivity contribution >= 4 is 11.9 Å². The van der Waals surface area contributed by atoms with E-state index in [1.54, 1.807) is 6.20 Å². The van der Waals surface area contributed by atoms with E-state index in [2.05, 4.69) is 27.0 Å². The predicted molar refractivity (Wildman–Crippen MR) is 123 cm³/mol. The second-order valence-electron chi connectivity index (χ2n) is 8.64. The molecule has 2 aromatic rings. The lowest BCUT2D eigenvalue weighted by atomic mass is 10.1. The number of pyridine rings is 2. The van der Waals surface area contributed by atoms with Crippen LogP contribution in [0.15, 0.2) is 42.6 Å². The summed E-state index contributed by atoms with van der Waals surface area (Å²) >= 11 is 0. The van der Waals surface area contributed by atoms with Gasteiger partial charge in [-0.2, -0.15) is 26.3 Å². The third kappa shape index (κ3) is 11.0. The second kappa shape index (κ2) is 14.1. The lowest BCUT2D eigenvalue weighted by Gasteiger charge is -2.37. The Morgan fingerprint density at radius 3 is 2.21 bits per heavy atom. The number of halogens is 6. The van der Waals surface area contributed by atoms with Gasteiger partial charge in [0.15, 0.2) is 0 Å². The van der Waals surface area contributed by atoms with Gasteiger partial charge >= 0.3 is 24.3 Å². The maximum Gasteiger partial charge on any atom is 0.490 e. The molecule has 1 aliphatic heterocycles. The molecule has 15 heteroatoms. The number of morpholine rings is 1. The summed E-state index contributed by atoms with van der Waals surface area (Å²) in [5.74, 6) is -4.29. The van der Waals surface area contributed by atoms with E-state index < -0.39 is 24.3 Å². The van der Waals surface area contributed by atoms with Gasteiger partial charge in [-0.05, 0) is 43.9 Å². The van der Waals surface area contributed by atoms with Gasteiger partial charge in [0.2, 0.25) is 5.88 Å². The zero-order chi connectivity index (χ0) is 29.2. The number of carbonyl (C=O) groups is 2. The molecule has 2 aromatic heterocycles. The first-order chi connectivity index (χ1) is 18.2. The number of rotatable bonds is 5. The largest absolute Gasteiger partial charge is 0.490 e. The van der Waals surface area contributed by atoms with Gasteiger partial charge in [0.05, 0.1) is 25.0 Å². The maximum absolute atomic E-state index is 10.6. The van der Waals surface area contributed by atoms with Crippen molar-refractivity contribution in [3.05, 3.63) is 54.0 Å². The van der Waals surface area contributed by atoms with Gasteiger partial charge in [-0.3, -0.25) is 9.88 Å². The van der Waals surface area contributed by atoms with Crippen molar-refractivity contribution in [1.29, 1.82) is 0 Å². The molecule has 2 aliphatic rings. The van der Waals surface area contributed by atoms with Gasteiger partial charge in [0.25, 0.3) is 0 Å². The van der Waals surface area contributed by atoms with Crippen LogP contribution in [-0.4, -0.2) is 81.3 Å². The van der Waals surface area contributed by atoms with Gasteiger partial charge in [0.1, 0.15) is 0 Å². The molecular formula is C24H27F6N3O6. The number of aliphatic carboxylic acids is 2. The van der Waals surface area contributed by atoms with Crippen molar-refractivity contribution in [2.75, 3.05) is 19.8 Å². The van der Waals surface area contributed by atoms with E-state index in [4.69, 9.17) is 29.3 Å². The van der Waals surface area contributed by atoms with Crippen LogP contribution in [0.4, 0.5) is 26.3 Å². The minimum absolute atomic E-state index is 0.316. The minimum Gasteiger partial charge on any atom is -0.477 e. The summed E-state index contributed by atoms with van der Waals surface area (Å²) in [7, 11) is 0. The summed E-state index contributed by atoms with van der Waals surface area (Å²) in [5.41, 5.74) is 2.23. The van der Waals surface area contributed by atoms with Crippen LogP contribution in [0.3, 0.4) is 0 Å². The Labute approximate surface area is 219 Å². The quantitative estimate of drug-likeness (QED) is 0.514. The molecule has 2 N–H and O–H groups in total. The third-order valence-corrected chi connectivity index (χ3v) is 5.65. The SMILES string of the molecule is Cc1cccc(CN2CCO[C@@H]3CC(COc4ccccn4)C[C@H]32)n1.O=C(O)C(F)(F)F.O=C(O)C(F)(F)F. The zero-order valence-electron chi connectivity index (χ0n) is 20.7. The highest BCUT2D eigenvalue weighted by molar-refractivity contribution is 5.73. The van der Waals surface area contributed by atoms with Crippen LogP contribution >= 0.6 is 0 Å². The number of aromatic nitrogens is 2.